The van der Waals surface area contributed by atoms with Gasteiger partial charge in [-0.3, -0.25) is 9.59 Å². The molecule has 1 aliphatic heterocycles. The maximum Gasteiger partial charge on any atom is 0.330 e. The summed E-state index contributed by atoms with van der Waals surface area (Å²) >= 11 is 0. The first kappa shape index (κ1) is 13.5. The minimum absolute atomic E-state index is 0.0546. The van der Waals surface area contributed by atoms with E-state index in [1.165, 1.54) is 12.0 Å². The SMILES string of the molecule is COC(=O)C(C)(C)NC(=O)[C@H]1CC(=O)N(C)C1. The fourth-order valence-corrected chi connectivity index (χ4v) is 1.76. The highest BCUT2D eigenvalue weighted by Gasteiger charge is 2.37. The number of nitrogens with one attached hydrogen (secondary N) is 1. The number of likely N-dealkylation sites (tertiary alicyclic amines) is 1. The first-order valence-electron chi connectivity index (χ1n) is 5.42. The van der Waals surface area contributed by atoms with E-state index < -0.39 is 17.4 Å². The lowest BCUT2D eigenvalue weighted by Crippen LogP contribution is -2.52. The molecule has 0 saturated carbocycles. The van der Waals surface area contributed by atoms with Crippen molar-refractivity contribution in [2.75, 3.05) is 20.7 Å². The minimum atomic E-state index is -1.07. The van der Waals surface area contributed by atoms with Crippen LogP contribution in [-0.2, 0) is 19.1 Å². The van der Waals surface area contributed by atoms with Crippen LogP contribution >= 0.6 is 0 Å². The zero-order valence-corrected chi connectivity index (χ0v) is 10.6. The van der Waals surface area contributed by atoms with Gasteiger partial charge in [0.2, 0.25) is 11.8 Å². The van der Waals surface area contributed by atoms with Crippen LogP contribution in [0.25, 0.3) is 0 Å². The van der Waals surface area contributed by atoms with E-state index in [2.05, 4.69) is 10.1 Å². The summed E-state index contributed by atoms with van der Waals surface area (Å²) in [6.07, 6.45) is 0.194. The van der Waals surface area contributed by atoms with Crippen molar-refractivity contribution in [3.63, 3.8) is 0 Å². The van der Waals surface area contributed by atoms with E-state index >= 15 is 0 Å². The Kier molecular flexibility index (Phi) is 3.75. The van der Waals surface area contributed by atoms with Crippen molar-refractivity contribution in [1.29, 1.82) is 0 Å². The third-order valence-electron chi connectivity index (χ3n) is 2.84. The van der Waals surface area contributed by atoms with Crippen molar-refractivity contribution in [2.45, 2.75) is 25.8 Å². The van der Waals surface area contributed by atoms with Crippen LogP contribution in [-0.4, -0.2) is 48.9 Å². The highest BCUT2D eigenvalue weighted by molar-refractivity contribution is 5.92. The van der Waals surface area contributed by atoms with Crippen LogP contribution in [0.3, 0.4) is 0 Å². The lowest BCUT2D eigenvalue weighted by atomic mass is 10.0. The van der Waals surface area contributed by atoms with E-state index in [9.17, 15) is 14.4 Å². The molecule has 6 nitrogen and oxygen atoms in total. The molecule has 0 aromatic carbocycles. The molecule has 0 unspecified atom stereocenters. The Hall–Kier alpha value is -1.59. The molecule has 2 amide bonds. The van der Waals surface area contributed by atoms with Crippen molar-refractivity contribution in [2.24, 2.45) is 5.92 Å². The van der Waals surface area contributed by atoms with Crippen molar-refractivity contribution in [3.05, 3.63) is 0 Å². The molecule has 1 rings (SSSR count). The van der Waals surface area contributed by atoms with Crippen LogP contribution in [0, 0.1) is 5.92 Å². The number of rotatable bonds is 3. The topological polar surface area (TPSA) is 75.7 Å². The van der Waals surface area contributed by atoms with Crippen LogP contribution in [0.4, 0.5) is 0 Å². The van der Waals surface area contributed by atoms with Crippen molar-refractivity contribution in [3.8, 4) is 0 Å². The number of methoxy groups -OCH3 is 1. The smallest absolute Gasteiger partial charge is 0.330 e. The van der Waals surface area contributed by atoms with E-state index in [-0.39, 0.29) is 18.2 Å². The van der Waals surface area contributed by atoms with Crippen molar-refractivity contribution in [1.82, 2.24) is 10.2 Å². The number of carbonyl (C=O) groups excluding carboxylic acids is 3. The average Bonchev–Trinajstić information content (AvgIpc) is 2.57. The molecule has 0 aromatic rings. The van der Waals surface area contributed by atoms with Gasteiger partial charge in [0.15, 0.2) is 0 Å². The van der Waals surface area contributed by atoms with E-state index in [1.54, 1.807) is 20.9 Å². The fourth-order valence-electron chi connectivity index (χ4n) is 1.76. The van der Waals surface area contributed by atoms with Gasteiger partial charge in [-0.15, -0.1) is 0 Å². The largest absolute Gasteiger partial charge is 0.467 e. The van der Waals surface area contributed by atoms with Gasteiger partial charge in [-0.2, -0.15) is 0 Å². The number of amides is 2. The molecule has 6 heteroatoms. The van der Waals surface area contributed by atoms with E-state index in [0.29, 0.717) is 6.54 Å². The van der Waals surface area contributed by atoms with Gasteiger partial charge in [-0.1, -0.05) is 0 Å². The summed E-state index contributed by atoms with van der Waals surface area (Å²) in [6.45, 7) is 3.52. The second-order valence-electron chi connectivity index (χ2n) is 4.78. The quantitative estimate of drug-likeness (QED) is 0.679. The molecule has 1 N–H and O–H groups in total. The van der Waals surface area contributed by atoms with E-state index in [4.69, 9.17) is 0 Å². The van der Waals surface area contributed by atoms with Crippen molar-refractivity contribution < 1.29 is 19.1 Å². The van der Waals surface area contributed by atoms with E-state index in [1.807, 2.05) is 0 Å². The maximum atomic E-state index is 11.9. The van der Waals surface area contributed by atoms with Crippen LogP contribution < -0.4 is 5.32 Å². The molecular weight excluding hydrogens is 224 g/mol. The second-order valence-corrected chi connectivity index (χ2v) is 4.78. The monoisotopic (exact) mass is 242 g/mol. The number of hydrogen-bond donors (Lipinski definition) is 1. The van der Waals surface area contributed by atoms with Gasteiger partial charge in [0.1, 0.15) is 5.54 Å². The summed E-state index contributed by atoms with van der Waals surface area (Å²) in [5, 5.41) is 2.60. The van der Waals surface area contributed by atoms with Gasteiger partial charge in [0.25, 0.3) is 0 Å². The number of nitrogens with zero attached hydrogens (tertiary/aromatic N) is 1. The first-order chi connectivity index (χ1) is 7.77. The predicted molar refractivity (Wildman–Crippen MR) is 60.0 cm³/mol. The molecule has 1 saturated heterocycles. The number of esters is 1. The molecular formula is C11H18N2O4. The molecule has 1 atom stereocenters. The molecule has 96 valence electrons. The Labute approximate surface area is 100 Å². The zero-order chi connectivity index (χ0) is 13.2. The summed E-state index contributed by atoms with van der Waals surface area (Å²) in [7, 11) is 2.92. The van der Waals surface area contributed by atoms with Gasteiger partial charge in [-0.25, -0.2) is 4.79 Å². The molecule has 1 fully saturated rings. The summed E-state index contributed by atoms with van der Waals surface area (Å²) in [6, 6.07) is 0. The van der Waals surface area contributed by atoms with Crippen LogP contribution in [0.1, 0.15) is 20.3 Å². The van der Waals surface area contributed by atoms with Gasteiger partial charge in [-0.05, 0) is 13.8 Å². The standard InChI is InChI=1S/C11H18N2O4/c1-11(2,10(16)17-4)12-9(15)7-5-8(14)13(3)6-7/h7H,5-6H2,1-4H3,(H,12,15)/t7-/m0/s1. The molecule has 0 bridgehead atoms. The normalized spacial score (nSPS) is 20.4. The Bertz CT molecular complexity index is 351. The zero-order valence-electron chi connectivity index (χ0n) is 10.6. The van der Waals surface area contributed by atoms with Crippen LogP contribution in [0.15, 0.2) is 0 Å². The molecule has 17 heavy (non-hydrogen) atoms. The Morgan fingerprint density at radius 3 is 2.47 bits per heavy atom. The molecule has 1 aliphatic rings. The second kappa shape index (κ2) is 4.73. The summed E-state index contributed by atoms with van der Waals surface area (Å²) < 4.78 is 4.59. The summed E-state index contributed by atoms with van der Waals surface area (Å²) in [5.41, 5.74) is -1.07. The number of ether oxygens (including phenoxy) is 1. The highest BCUT2D eigenvalue weighted by atomic mass is 16.5. The third-order valence-corrected chi connectivity index (χ3v) is 2.84. The lowest BCUT2D eigenvalue weighted by molar-refractivity contribution is -0.149. The van der Waals surface area contributed by atoms with Gasteiger partial charge in [0.05, 0.1) is 13.0 Å². The lowest BCUT2D eigenvalue weighted by Gasteiger charge is -2.24. The van der Waals surface area contributed by atoms with E-state index in [0.717, 1.165) is 0 Å². The molecule has 0 spiro atoms. The Morgan fingerprint density at radius 1 is 1.47 bits per heavy atom. The molecule has 0 aliphatic carbocycles. The van der Waals surface area contributed by atoms with Gasteiger partial charge < -0.3 is 15.0 Å². The fraction of sp³-hybridized carbons (Fsp3) is 0.727. The average molecular weight is 242 g/mol. The predicted octanol–water partition coefficient (Wildman–Crippen LogP) is -0.467. The van der Waals surface area contributed by atoms with Crippen LogP contribution in [0.5, 0.6) is 0 Å². The minimum Gasteiger partial charge on any atom is -0.467 e. The van der Waals surface area contributed by atoms with Gasteiger partial charge in [0, 0.05) is 20.0 Å². The number of carbonyl (C=O) groups is 3. The first-order valence-corrected chi connectivity index (χ1v) is 5.42. The van der Waals surface area contributed by atoms with Crippen molar-refractivity contribution >= 4 is 17.8 Å². The molecule has 1 heterocycles. The highest BCUT2D eigenvalue weighted by Crippen LogP contribution is 2.17. The third kappa shape index (κ3) is 2.95. The Balaban J connectivity index is 2.61. The number of hydrogen-bond acceptors (Lipinski definition) is 4. The molecule has 0 aromatic heterocycles. The molecule has 0 radical (unpaired) electrons. The summed E-state index contributed by atoms with van der Waals surface area (Å²) in [5.74, 6) is -1.25. The maximum absolute atomic E-state index is 11.9. The van der Waals surface area contributed by atoms with Gasteiger partial charge >= 0.3 is 5.97 Å². The Morgan fingerprint density at radius 2 is 2.06 bits per heavy atom. The van der Waals surface area contributed by atoms with Crippen LogP contribution in [0.2, 0.25) is 0 Å². The summed E-state index contributed by atoms with van der Waals surface area (Å²) in [4.78, 5) is 36.1.